The fourth-order valence-electron chi connectivity index (χ4n) is 3.97. The molecule has 2 N–H and O–H groups in total. The molecular weight excluding hydrogens is 444 g/mol. The fraction of sp³-hybridized carbons (Fsp3) is 0.304. The zero-order chi connectivity index (χ0) is 21.4. The number of hydrogen-bond acceptors (Lipinski definition) is 5. The SMILES string of the molecule is C[C@@H]1CN(c2ccc(N=Cc3c(O)[nH]c(=O)c4ccc(Br)cc34)cc2)[C@@H](C)CN1C. The molecule has 0 aliphatic carbocycles. The van der Waals surface area contributed by atoms with Gasteiger partial charge in [0.15, 0.2) is 0 Å². The van der Waals surface area contributed by atoms with Gasteiger partial charge in [-0.1, -0.05) is 15.9 Å². The number of rotatable bonds is 3. The second-order valence-electron chi connectivity index (χ2n) is 7.97. The highest BCUT2D eigenvalue weighted by atomic mass is 79.9. The first kappa shape index (κ1) is 20.6. The number of aromatic hydroxyl groups is 1. The number of fused-ring (bicyclic) bond motifs is 1. The predicted octanol–water partition coefficient (Wildman–Crippen LogP) is 4.28. The molecule has 2 atom stereocenters. The number of anilines is 1. The number of benzene rings is 2. The summed E-state index contributed by atoms with van der Waals surface area (Å²) in [5.41, 5.74) is 2.12. The summed E-state index contributed by atoms with van der Waals surface area (Å²) in [4.78, 5) is 23.9. The van der Waals surface area contributed by atoms with Crippen molar-refractivity contribution < 1.29 is 5.11 Å². The van der Waals surface area contributed by atoms with Gasteiger partial charge in [-0.05, 0) is 63.4 Å². The van der Waals surface area contributed by atoms with Gasteiger partial charge in [0.1, 0.15) is 0 Å². The lowest BCUT2D eigenvalue weighted by Gasteiger charge is -2.43. The molecule has 30 heavy (non-hydrogen) atoms. The van der Waals surface area contributed by atoms with Gasteiger partial charge >= 0.3 is 0 Å². The van der Waals surface area contributed by atoms with Gasteiger partial charge in [0.25, 0.3) is 5.56 Å². The number of aliphatic imine (C=N–C) groups is 1. The van der Waals surface area contributed by atoms with E-state index < -0.39 is 0 Å². The molecule has 4 rings (SSSR count). The van der Waals surface area contributed by atoms with Gasteiger partial charge in [-0.15, -0.1) is 0 Å². The van der Waals surface area contributed by atoms with Crippen LogP contribution in [0.1, 0.15) is 19.4 Å². The number of nitrogens with zero attached hydrogens (tertiary/aromatic N) is 3. The van der Waals surface area contributed by atoms with Crippen LogP contribution >= 0.6 is 15.9 Å². The summed E-state index contributed by atoms with van der Waals surface area (Å²) in [6, 6.07) is 14.4. The van der Waals surface area contributed by atoms with Gasteiger partial charge in [0.05, 0.1) is 11.3 Å². The molecule has 0 bridgehead atoms. The largest absolute Gasteiger partial charge is 0.494 e. The van der Waals surface area contributed by atoms with Gasteiger partial charge < -0.3 is 10.0 Å². The Morgan fingerprint density at radius 3 is 2.57 bits per heavy atom. The molecule has 2 aromatic carbocycles. The van der Waals surface area contributed by atoms with Crippen LogP contribution in [-0.4, -0.2) is 53.4 Å². The van der Waals surface area contributed by atoms with Crippen molar-refractivity contribution in [1.29, 1.82) is 0 Å². The lowest BCUT2D eigenvalue weighted by atomic mass is 10.1. The van der Waals surface area contributed by atoms with Gasteiger partial charge in [-0.3, -0.25) is 19.7 Å². The summed E-state index contributed by atoms with van der Waals surface area (Å²) < 4.78 is 0.828. The minimum atomic E-state index is -0.327. The lowest BCUT2D eigenvalue weighted by Crippen LogP contribution is -2.55. The maximum absolute atomic E-state index is 12.1. The van der Waals surface area contributed by atoms with Crippen molar-refractivity contribution in [2.45, 2.75) is 25.9 Å². The summed E-state index contributed by atoms with van der Waals surface area (Å²) in [6.07, 6.45) is 1.59. The lowest BCUT2D eigenvalue weighted by molar-refractivity contribution is 0.206. The maximum atomic E-state index is 12.1. The van der Waals surface area contributed by atoms with E-state index in [-0.39, 0.29) is 11.4 Å². The third-order valence-electron chi connectivity index (χ3n) is 5.83. The summed E-state index contributed by atoms with van der Waals surface area (Å²) in [6.45, 7) is 6.52. The van der Waals surface area contributed by atoms with Crippen molar-refractivity contribution in [3.63, 3.8) is 0 Å². The van der Waals surface area contributed by atoms with Crippen LogP contribution < -0.4 is 10.5 Å². The first-order valence-electron chi connectivity index (χ1n) is 9.99. The van der Waals surface area contributed by atoms with Crippen molar-refractivity contribution in [3.05, 3.63) is 62.9 Å². The van der Waals surface area contributed by atoms with E-state index in [4.69, 9.17) is 0 Å². The van der Waals surface area contributed by atoms with E-state index in [9.17, 15) is 9.90 Å². The van der Waals surface area contributed by atoms with Crippen molar-refractivity contribution >= 4 is 44.3 Å². The fourth-order valence-corrected chi connectivity index (χ4v) is 4.33. The third kappa shape index (κ3) is 4.00. The molecule has 0 radical (unpaired) electrons. The normalized spacial score (nSPS) is 20.3. The number of pyridine rings is 1. The molecule has 1 aliphatic heterocycles. The molecule has 0 amide bonds. The smallest absolute Gasteiger partial charge is 0.258 e. The van der Waals surface area contributed by atoms with Crippen LogP contribution in [0.4, 0.5) is 11.4 Å². The van der Waals surface area contributed by atoms with Crippen LogP contribution in [0.5, 0.6) is 5.88 Å². The second-order valence-corrected chi connectivity index (χ2v) is 8.89. The number of nitrogens with one attached hydrogen (secondary N) is 1. The Hall–Kier alpha value is -2.64. The number of aromatic amines is 1. The number of halogens is 1. The van der Waals surface area contributed by atoms with Gasteiger partial charge in [-0.25, -0.2) is 0 Å². The summed E-state index contributed by atoms with van der Waals surface area (Å²) in [7, 11) is 2.17. The highest BCUT2D eigenvalue weighted by Gasteiger charge is 2.26. The van der Waals surface area contributed by atoms with Crippen molar-refractivity contribution in [3.8, 4) is 5.88 Å². The van der Waals surface area contributed by atoms with Crippen molar-refractivity contribution in [2.24, 2.45) is 4.99 Å². The Morgan fingerprint density at radius 1 is 1.10 bits per heavy atom. The van der Waals surface area contributed by atoms with Crippen LogP contribution in [0.2, 0.25) is 0 Å². The summed E-state index contributed by atoms with van der Waals surface area (Å²) in [5.74, 6) is -0.189. The van der Waals surface area contributed by atoms with E-state index in [1.54, 1.807) is 18.3 Å². The Kier molecular flexibility index (Phi) is 5.66. The van der Waals surface area contributed by atoms with E-state index in [1.165, 1.54) is 5.69 Å². The van der Waals surface area contributed by atoms with Crippen LogP contribution in [0.15, 0.2) is 56.7 Å². The number of piperazine rings is 1. The molecule has 0 spiro atoms. The van der Waals surface area contributed by atoms with Gasteiger partial charge in [0, 0.05) is 52.3 Å². The Labute approximate surface area is 184 Å². The Balaban J connectivity index is 1.61. The number of hydrogen-bond donors (Lipinski definition) is 2. The number of aromatic nitrogens is 1. The topological polar surface area (TPSA) is 71.9 Å². The predicted molar refractivity (Wildman–Crippen MR) is 127 cm³/mol. The van der Waals surface area contributed by atoms with E-state index >= 15 is 0 Å². The van der Waals surface area contributed by atoms with Gasteiger partial charge in [0.2, 0.25) is 5.88 Å². The van der Waals surface area contributed by atoms with Crippen LogP contribution in [0.25, 0.3) is 10.8 Å². The van der Waals surface area contributed by atoms with E-state index in [2.05, 4.69) is 68.7 Å². The molecule has 0 unspecified atom stereocenters. The minimum absolute atomic E-state index is 0.189. The molecule has 1 saturated heterocycles. The average molecular weight is 469 g/mol. The molecule has 1 aliphatic rings. The van der Waals surface area contributed by atoms with Gasteiger partial charge in [-0.2, -0.15) is 0 Å². The molecule has 0 saturated carbocycles. The molecule has 1 aromatic heterocycles. The highest BCUT2D eigenvalue weighted by molar-refractivity contribution is 9.10. The zero-order valence-corrected chi connectivity index (χ0v) is 18.8. The molecule has 2 heterocycles. The standard InChI is InChI=1S/C23H25BrN4O2/c1-14-13-28(15(2)12-27(14)3)18-7-5-17(6-8-18)25-11-21-20-10-16(24)4-9-19(20)22(29)26-23(21)30/h4-11,14-15H,12-13H2,1-3H3,(H2,26,29,30)/t14-,15+/m1/s1. The average Bonchev–Trinajstić information content (AvgIpc) is 2.71. The maximum Gasteiger partial charge on any atom is 0.258 e. The highest BCUT2D eigenvalue weighted by Crippen LogP contribution is 2.27. The van der Waals surface area contributed by atoms with Crippen LogP contribution in [0.3, 0.4) is 0 Å². The Bertz CT molecular complexity index is 1160. The van der Waals surface area contributed by atoms with Crippen molar-refractivity contribution in [2.75, 3.05) is 25.0 Å². The second kappa shape index (κ2) is 8.24. The third-order valence-corrected chi connectivity index (χ3v) is 6.32. The van der Waals surface area contributed by atoms with Crippen molar-refractivity contribution in [1.82, 2.24) is 9.88 Å². The molecular formula is C23H25BrN4O2. The molecule has 6 nitrogen and oxygen atoms in total. The number of H-pyrrole nitrogens is 1. The number of likely N-dealkylation sites (N-methyl/N-ethyl adjacent to an activating group) is 1. The quantitative estimate of drug-likeness (QED) is 0.562. The monoisotopic (exact) mass is 468 g/mol. The van der Waals surface area contributed by atoms with E-state index in [1.807, 2.05) is 18.2 Å². The molecule has 7 heteroatoms. The Morgan fingerprint density at radius 2 is 1.83 bits per heavy atom. The molecule has 156 valence electrons. The van der Waals surface area contributed by atoms with Crippen LogP contribution in [0, 0.1) is 0 Å². The van der Waals surface area contributed by atoms with E-state index in [0.29, 0.717) is 28.4 Å². The molecule has 3 aromatic rings. The first-order valence-corrected chi connectivity index (χ1v) is 10.8. The summed E-state index contributed by atoms with van der Waals surface area (Å²) in [5, 5.41) is 11.4. The minimum Gasteiger partial charge on any atom is -0.494 e. The zero-order valence-electron chi connectivity index (χ0n) is 17.3. The molecule has 1 fully saturated rings. The summed E-state index contributed by atoms with van der Waals surface area (Å²) >= 11 is 3.42. The van der Waals surface area contributed by atoms with E-state index in [0.717, 1.165) is 23.2 Å². The first-order chi connectivity index (χ1) is 14.3. The van der Waals surface area contributed by atoms with Crippen LogP contribution in [-0.2, 0) is 0 Å².